The molecule has 1 aliphatic carbocycles. The highest BCUT2D eigenvalue weighted by atomic mass is 35.5. The van der Waals surface area contributed by atoms with E-state index in [1.54, 1.807) is 12.3 Å². The second kappa shape index (κ2) is 10.9. The van der Waals surface area contributed by atoms with Crippen molar-refractivity contribution in [3.63, 3.8) is 0 Å². The smallest absolute Gasteiger partial charge is 0.142 e. The normalized spacial score (nSPS) is 17.1. The summed E-state index contributed by atoms with van der Waals surface area (Å²) in [5, 5.41) is 8.10. The Morgan fingerprint density at radius 2 is 2.20 bits per heavy atom. The fraction of sp³-hybridized carbons (Fsp3) is 0.296. The maximum atomic E-state index is 14.1. The Hall–Kier alpha value is -3.45. The molecule has 6 nitrogen and oxygen atoms in total. The molecule has 4 rings (SSSR count). The molecule has 1 aliphatic heterocycles. The molecule has 0 saturated heterocycles. The number of hydrogen-bond donors (Lipinski definition) is 1. The van der Waals surface area contributed by atoms with Crippen molar-refractivity contribution in [3.8, 4) is 0 Å². The van der Waals surface area contributed by atoms with E-state index in [0.717, 1.165) is 40.3 Å². The van der Waals surface area contributed by atoms with Crippen molar-refractivity contribution >= 4 is 29.7 Å². The van der Waals surface area contributed by atoms with Crippen LogP contribution in [0.1, 0.15) is 49.4 Å². The predicted octanol–water partition coefficient (Wildman–Crippen LogP) is 6.54. The van der Waals surface area contributed by atoms with Gasteiger partial charge in [-0.2, -0.15) is 5.10 Å². The van der Waals surface area contributed by atoms with Crippen molar-refractivity contribution in [2.75, 3.05) is 12.0 Å². The molecule has 0 bridgehead atoms. The number of benzene rings is 1. The number of anilines is 1. The zero-order chi connectivity index (χ0) is 24.9. The molecule has 1 unspecified atom stereocenters. The lowest BCUT2D eigenvalue weighted by Crippen LogP contribution is -2.24. The summed E-state index contributed by atoms with van der Waals surface area (Å²) in [5.41, 5.74) is 5.41. The first-order valence-corrected chi connectivity index (χ1v) is 12.1. The Kier molecular flexibility index (Phi) is 7.66. The van der Waals surface area contributed by atoms with Gasteiger partial charge >= 0.3 is 0 Å². The Labute approximate surface area is 210 Å². The quantitative estimate of drug-likeness (QED) is 0.383. The number of allylic oxidation sites excluding steroid dienone is 4. The maximum Gasteiger partial charge on any atom is 0.142 e. The van der Waals surface area contributed by atoms with E-state index in [0.29, 0.717) is 12.6 Å². The van der Waals surface area contributed by atoms with Crippen LogP contribution in [0.2, 0.25) is 5.02 Å². The van der Waals surface area contributed by atoms with Crippen LogP contribution < -0.4 is 5.32 Å². The predicted molar refractivity (Wildman–Crippen MR) is 142 cm³/mol. The molecule has 182 valence electrons. The van der Waals surface area contributed by atoms with Gasteiger partial charge in [0.05, 0.1) is 28.2 Å². The van der Waals surface area contributed by atoms with E-state index in [4.69, 9.17) is 16.6 Å². The average molecular weight is 493 g/mol. The fourth-order valence-electron chi connectivity index (χ4n) is 4.21. The van der Waals surface area contributed by atoms with Gasteiger partial charge in [0.15, 0.2) is 0 Å². The fourth-order valence-corrected chi connectivity index (χ4v) is 4.33. The summed E-state index contributed by atoms with van der Waals surface area (Å²) in [6.45, 7) is 10.2. The molecular weight excluding hydrogens is 463 g/mol. The summed E-state index contributed by atoms with van der Waals surface area (Å²) in [6.07, 6.45) is 14.5. The highest BCUT2D eigenvalue weighted by Crippen LogP contribution is 2.42. The highest BCUT2D eigenvalue weighted by Gasteiger charge is 2.29. The zero-order valence-electron chi connectivity index (χ0n) is 20.1. The topological polar surface area (TPSA) is 57.8 Å². The Bertz CT molecular complexity index is 1230. The van der Waals surface area contributed by atoms with Gasteiger partial charge in [0, 0.05) is 42.8 Å². The number of hydrogen-bond acceptors (Lipinski definition) is 5. The van der Waals surface area contributed by atoms with Crippen molar-refractivity contribution in [1.29, 1.82) is 0 Å². The molecule has 1 aromatic heterocycles. The Morgan fingerprint density at radius 1 is 1.40 bits per heavy atom. The summed E-state index contributed by atoms with van der Waals surface area (Å²) in [4.78, 5) is 10.6. The molecule has 1 fully saturated rings. The molecule has 8 heteroatoms. The van der Waals surface area contributed by atoms with Gasteiger partial charge in [-0.05, 0) is 61.9 Å². The van der Waals surface area contributed by atoms with Gasteiger partial charge in [0.25, 0.3) is 0 Å². The first-order valence-electron chi connectivity index (χ1n) is 11.7. The van der Waals surface area contributed by atoms with E-state index >= 15 is 0 Å². The van der Waals surface area contributed by atoms with Gasteiger partial charge in [-0.1, -0.05) is 31.2 Å². The molecule has 0 spiro atoms. The minimum absolute atomic E-state index is 0.0674. The molecule has 0 radical (unpaired) electrons. The Balaban J connectivity index is 1.51. The number of aryl methyl sites for hydroxylation is 1. The van der Waals surface area contributed by atoms with Gasteiger partial charge in [-0.3, -0.25) is 14.7 Å². The molecule has 1 N–H and O–H groups in total. The van der Waals surface area contributed by atoms with Gasteiger partial charge < -0.3 is 10.2 Å². The van der Waals surface area contributed by atoms with Gasteiger partial charge in [-0.15, -0.1) is 0 Å². The molecule has 1 aromatic carbocycles. The first-order chi connectivity index (χ1) is 16.9. The van der Waals surface area contributed by atoms with E-state index in [1.807, 2.05) is 53.3 Å². The monoisotopic (exact) mass is 492 g/mol. The standard InChI is InChI=1S/C27H30ClFN6/c1-5-26(21-8-9-22(28)23(29)15-21)35-13-11-20(14-18(35)2)24(10-12-30-3)31-17-32-25-16-34(4)33-27(25)19-6-7-19/h8-16,19,26,32H,2-3,5-7,17H2,1,4H3/b12-10-,31-24+. The third-order valence-electron chi connectivity index (χ3n) is 6.09. The largest absolute Gasteiger partial charge is 0.363 e. The van der Waals surface area contributed by atoms with Crippen LogP contribution in [0.15, 0.2) is 82.9 Å². The lowest BCUT2D eigenvalue weighted by molar-refractivity contribution is 0.343. The molecule has 0 amide bonds. The van der Waals surface area contributed by atoms with Crippen LogP contribution in [-0.2, 0) is 7.05 Å². The van der Waals surface area contributed by atoms with Gasteiger partial charge in [0.1, 0.15) is 12.5 Å². The van der Waals surface area contributed by atoms with Crippen molar-refractivity contribution in [2.24, 2.45) is 17.0 Å². The molecule has 1 saturated carbocycles. The SMILES string of the molecule is C=N/C=C\C(=N/CNc1cn(C)nc1C1CC1)C1=CC(=C)N(C(CC)c2ccc(Cl)c(F)c2)C=C1. The van der Waals surface area contributed by atoms with Gasteiger partial charge in [-0.25, -0.2) is 4.39 Å². The van der Waals surface area contributed by atoms with Crippen LogP contribution in [0, 0.1) is 5.82 Å². The molecule has 35 heavy (non-hydrogen) atoms. The van der Waals surface area contributed by atoms with E-state index in [-0.39, 0.29) is 11.1 Å². The zero-order valence-corrected chi connectivity index (χ0v) is 20.8. The van der Waals surface area contributed by atoms with Crippen LogP contribution in [0.3, 0.4) is 0 Å². The number of nitrogens with one attached hydrogen (secondary N) is 1. The van der Waals surface area contributed by atoms with E-state index < -0.39 is 5.82 Å². The third-order valence-corrected chi connectivity index (χ3v) is 6.40. The average Bonchev–Trinajstić information content (AvgIpc) is 3.62. The molecular formula is C27H30ClFN6. The first kappa shape index (κ1) is 24.7. The summed E-state index contributed by atoms with van der Waals surface area (Å²) < 4.78 is 15.9. The van der Waals surface area contributed by atoms with E-state index in [9.17, 15) is 4.39 Å². The number of halogens is 2. The van der Waals surface area contributed by atoms with Crippen molar-refractivity contribution in [2.45, 2.75) is 38.1 Å². The second-order valence-corrected chi connectivity index (χ2v) is 9.07. The highest BCUT2D eigenvalue weighted by molar-refractivity contribution is 6.30. The number of aromatic nitrogens is 2. The molecule has 1 atom stereocenters. The summed E-state index contributed by atoms with van der Waals surface area (Å²) >= 11 is 5.88. The second-order valence-electron chi connectivity index (χ2n) is 8.66. The molecule has 2 aliphatic rings. The van der Waals surface area contributed by atoms with Crippen molar-refractivity contribution in [3.05, 3.63) is 95.0 Å². The van der Waals surface area contributed by atoms with Gasteiger partial charge in [0.2, 0.25) is 0 Å². The lowest BCUT2D eigenvalue weighted by Gasteiger charge is -2.33. The third kappa shape index (κ3) is 5.80. The van der Waals surface area contributed by atoms with Crippen molar-refractivity contribution < 1.29 is 4.39 Å². The van der Waals surface area contributed by atoms with Crippen LogP contribution in [0.5, 0.6) is 0 Å². The van der Waals surface area contributed by atoms with Crippen molar-refractivity contribution in [1.82, 2.24) is 14.7 Å². The van der Waals surface area contributed by atoms with E-state index in [1.165, 1.54) is 18.9 Å². The van der Waals surface area contributed by atoms with Crippen LogP contribution >= 0.6 is 11.6 Å². The number of aliphatic imine (C=N–C) groups is 2. The minimum atomic E-state index is -0.423. The number of rotatable bonds is 10. The summed E-state index contributed by atoms with van der Waals surface area (Å²) in [7, 11) is 1.93. The van der Waals surface area contributed by atoms with Crippen LogP contribution in [0.25, 0.3) is 0 Å². The van der Waals surface area contributed by atoms with E-state index in [2.05, 4.69) is 35.6 Å². The minimum Gasteiger partial charge on any atom is -0.363 e. The van der Waals surface area contributed by atoms with Crippen LogP contribution in [-0.4, -0.2) is 33.8 Å². The number of nitrogens with zero attached hydrogens (tertiary/aromatic N) is 5. The lowest BCUT2D eigenvalue weighted by atomic mass is 9.99. The van der Waals surface area contributed by atoms with Crippen LogP contribution in [0.4, 0.5) is 10.1 Å². The summed E-state index contributed by atoms with van der Waals surface area (Å²) in [5.74, 6) is 0.124. The maximum absolute atomic E-state index is 14.1. The molecule has 2 heterocycles. The Morgan fingerprint density at radius 3 is 2.86 bits per heavy atom. The summed E-state index contributed by atoms with van der Waals surface area (Å²) in [6, 6.07) is 4.86. The molecule has 2 aromatic rings.